The van der Waals surface area contributed by atoms with Crippen LogP contribution in [0.4, 0.5) is 5.82 Å². The SMILES string of the molecule is O=C(NC1CCCC1)C1CC2(CCN(c3cnccn3)CC2)c2ccccc21. The van der Waals surface area contributed by atoms with Crippen molar-refractivity contribution in [1.82, 2.24) is 15.3 Å². The van der Waals surface area contributed by atoms with E-state index in [4.69, 9.17) is 0 Å². The van der Waals surface area contributed by atoms with Crippen LogP contribution < -0.4 is 10.2 Å². The average Bonchev–Trinajstić information content (AvgIpc) is 3.36. The van der Waals surface area contributed by atoms with Gasteiger partial charge in [0.05, 0.1) is 12.1 Å². The Morgan fingerprint density at radius 2 is 1.89 bits per heavy atom. The molecule has 28 heavy (non-hydrogen) atoms. The number of amides is 1. The number of carbonyl (C=O) groups excluding carboxylic acids is 1. The summed E-state index contributed by atoms with van der Waals surface area (Å²) in [6, 6.07) is 9.04. The molecule has 1 N–H and O–H groups in total. The summed E-state index contributed by atoms with van der Waals surface area (Å²) in [5.74, 6) is 1.20. The summed E-state index contributed by atoms with van der Waals surface area (Å²) in [4.78, 5) is 24.1. The number of nitrogens with one attached hydrogen (secondary N) is 1. The van der Waals surface area contributed by atoms with Crippen molar-refractivity contribution in [2.24, 2.45) is 0 Å². The van der Waals surface area contributed by atoms with E-state index in [2.05, 4.69) is 44.5 Å². The Morgan fingerprint density at radius 1 is 1.11 bits per heavy atom. The van der Waals surface area contributed by atoms with Crippen LogP contribution >= 0.6 is 0 Å². The van der Waals surface area contributed by atoms with Crippen LogP contribution in [0.2, 0.25) is 0 Å². The number of hydrogen-bond donors (Lipinski definition) is 1. The zero-order valence-electron chi connectivity index (χ0n) is 16.3. The Labute approximate surface area is 166 Å². The first-order valence-electron chi connectivity index (χ1n) is 10.7. The van der Waals surface area contributed by atoms with Crippen LogP contribution in [0.25, 0.3) is 0 Å². The van der Waals surface area contributed by atoms with Gasteiger partial charge >= 0.3 is 0 Å². The smallest absolute Gasteiger partial charge is 0.227 e. The highest BCUT2D eigenvalue weighted by Gasteiger charge is 2.47. The molecule has 0 radical (unpaired) electrons. The standard InChI is InChI=1S/C23H28N4O/c28-22(26-17-5-1-2-6-17)19-15-23(20-8-4-3-7-18(19)20)9-13-27(14-10-23)21-16-24-11-12-25-21/h3-4,7-8,11-12,16-17,19H,1-2,5-6,9-10,13-15H2,(H,26,28). The lowest BCUT2D eigenvalue weighted by Gasteiger charge is -2.40. The van der Waals surface area contributed by atoms with Gasteiger partial charge in [-0.2, -0.15) is 0 Å². The number of rotatable bonds is 3. The van der Waals surface area contributed by atoms with Crippen molar-refractivity contribution in [3.05, 3.63) is 54.0 Å². The van der Waals surface area contributed by atoms with E-state index in [0.29, 0.717) is 6.04 Å². The van der Waals surface area contributed by atoms with E-state index < -0.39 is 0 Å². The topological polar surface area (TPSA) is 58.1 Å². The van der Waals surface area contributed by atoms with Crippen LogP contribution in [0.15, 0.2) is 42.9 Å². The minimum absolute atomic E-state index is 0.000123. The lowest BCUT2D eigenvalue weighted by Crippen LogP contribution is -2.42. The Kier molecular flexibility index (Phi) is 4.53. The van der Waals surface area contributed by atoms with E-state index in [-0.39, 0.29) is 17.2 Å². The molecule has 1 aliphatic heterocycles. The van der Waals surface area contributed by atoms with Crippen molar-refractivity contribution in [2.45, 2.75) is 62.3 Å². The largest absolute Gasteiger partial charge is 0.355 e. The minimum atomic E-state index is -0.000123. The lowest BCUT2D eigenvalue weighted by atomic mass is 9.73. The molecule has 5 heteroatoms. The summed E-state index contributed by atoms with van der Waals surface area (Å²) in [6.45, 7) is 1.92. The van der Waals surface area contributed by atoms with Crippen LogP contribution in [0.5, 0.6) is 0 Å². The molecular formula is C23H28N4O. The molecule has 146 valence electrons. The second kappa shape index (κ2) is 7.19. The Hall–Kier alpha value is -2.43. The van der Waals surface area contributed by atoms with Gasteiger partial charge in [-0.25, -0.2) is 4.98 Å². The molecule has 1 spiro atoms. The fraction of sp³-hybridized carbons (Fsp3) is 0.522. The second-order valence-corrected chi connectivity index (χ2v) is 8.66. The van der Waals surface area contributed by atoms with Crippen molar-refractivity contribution in [1.29, 1.82) is 0 Å². The fourth-order valence-corrected chi connectivity index (χ4v) is 5.59. The van der Waals surface area contributed by atoms with Crippen molar-refractivity contribution < 1.29 is 4.79 Å². The number of piperidine rings is 1. The molecule has 0 bridgehead atoms. The molecule has 2 aromatic rings. The predicted octanol–water partition coefficient (Wildman–Crippen LogP) is 3.56. The van der Waals surface area contributed by atoms with Crippen LogP contribution in [0.1, 0.15) is 62.0 Å². The number of hydrogen-bond acceptors (Lipinski definition) is 4. The number of aromatic nitrogens is 2. The second-order valence-electron chi connectivity index (χ2n) is 8.66. The Balaban J connectivity index is 1.35. The van der Waals surface area contributed by atoms with E-state index in [9.17, 15) is 4.79 Å². The zero-order chi connectivity index (χ0) is 19.0. The van der Waals surface area contributed by atoms with Gasteiger partial charge in [0.25, 0.3) is 0 Å². The molecule has 1 unspecified atom stereocenters. The molecule has 2 fully saturated rings. The third kappa shape index (κ3) is 3.07. The summed E-state index contributed by atoms with van der Waals surface area (Å²) < 4.78 is 0. The molecule has 1 amide bonds. The van der Waals surface area contributed by atoms with Crippen molar-refractivity contribution >= 4 is 11.7 Å². The summed E-state index contributed by atoms with van der Waals surface area (Å²) >= 11 is 0. The van der Waals surface area contributed by atoms with Gasteiger partial charge in [-0.3, -0.25) is 9.78 Å². The highest BCUT2D eigenvalue weighted by atomic mass is 16.2. The Bertz CT molecular complexity index is 839. The van der Waals surface area contributed by atoms with Gasteiger partial charge in [-0.05, 0) is 43.2 Å². The van der Waals surface area contributed by atoms with Gasteiger partial charge in [0, 0.05) is 36.9 Å². The summed E-state index contributed by atoms with van der Waals surface area (Å²) in [6.07, 6.45) is 13.2. The summed E-state index contributed by atoms with van der Waals surface area (Å²) in [5, 5.41) is 3.35. The maximum Gasteiger partial charge on any atom is 0.227 e. The van der Waals surface area contributed by atoms with Gasteiger partial charge in [-0.15, -0.1) is 0 Å². The summed E-state index contributed by atoms with van der Waals surface area (Å²) in [5.41, 5.74) is 2.78. The molecule has 5 rings (SSSR count). The first kappa shape index (κ1) is 17.7. The quantitative estimate of drug-likeness (QED) is 0.890. The maximum absolute atomic E-state index is 13.1. The number of benzene rings is 1. The first-order valence-corrected chi connectivity index (χ1v) is 10.7. The van der Waals surface area contributed by atoms with Gasteiger partial charge < -0.3 is 10.2 Å². The zero-order valence-corrected chi connectivity index (χ0v) is 16.3. The van der Waals surface area contributed by atoms with Crippen LogP contribution in [0.3, 0.4) is 0 Å². The maximum atomic E-state index is 13.1. The molecule has 2 aliphatic carbocycles. The molecule has 2 heterocycles. The van der Waals surface area contributed by atoms with Gasteiger partial charge in [0.2, 0.25) is 5.91 Å². The van der Waals surface area contributed by atoms with Crippen LogP contribution in [-0.2, 0) is 10.2 Å². The Morgan fingerprint density at radius 3 is 2.64 bits per heavy atom. The van der Waals surface area contributed by atoms with Gasteiger partial charge in [0.1, 0.15) is 5.82 Å². The lowest BCUT2D eigenvalue weighted by molar-refractivity contribution is -0.123. The molecule has 3 aliphatic rings. The third-order valence-electron chi connectivity index (χ3n) is 7.11. The molecule has 1 atom stereocenters. The van der Waals surface area contributed by atoms with E-state index in [0.717, 1.165) is 51.0 Å². The molecular weight excluding hydrogens is 348 g/mol. The first-order chi connectivity index (χ1) is 13.8. The fourth-order valence-electron chi connectivity index (χ4n) is 5.59. The molecule has 1 aromatic carbocycles. The normalized spacial score (nSPS) is 23.7. The minimum Gasteiger partial charge on any atom is -0.355 e. The van der Waals surface area contributed by atoms with E-state index in [1.165, 1.54) is 24.0 Å². The number of carbonyl (C=O) groups is 1. The van der Waals surface area contributed by atoms with E-state index in [1.54, 1.807) is 12.4 Å². The van der Waals surface area contributed by atoms with Crippen molar-refractivity contribution in [3.63, 3.8) is 0 Å². The van der Waals surface area contributed by atoms with E-state index in [1.807, 2.05) is 6.20 Å². The molecule has 1 saturated heterocycles. The van der Waals surface area contributed by atoms with Crippen LogP contribution in [-0.4, -0.2) is 35.0 Å². The van der Waals surface area contributed by atoms with Crippen LogP contribution in [0, 0.1) is 0 Å². The predicted molar refractivity (Wildman–Crippen MR) is 109 cm³/mol. The van der Waals surface area contributed by atoms with Gasteiger partial charge in [0.15, 0.2) is 0 Å². The molecule has 1 saturated carbocycles. The van der Waals surface area contributed by atoms with Crippen molar-refractivity contribution in [3.8, 4) is 0 Å². The molecule has 5 nitrogen and oxygen atoms in total. The monoisotopic (exact) mass is 376 g/mol. The van der Waals surface area contributed by atoms with Crippen molar-refractivity contribution in [2.75, 3.05) is 18.0 Å². The third-order valence-corrected chi connectivity index (χ3v) is 7.11. The average molecular weight is 377 g/mol. The number of nitrogens with zero attached hydrogens (tertiary/aromatic N) is 3. The highest BCUT2D eigenvalue weighted by Crippen LogP contribution is 2.52. The van der Waals surface area contributed by atoms with Gasteiger partial charge in [-0.1, -0.05) is 37.1 Å². The molecule has 1 aromatic heterocycles. The number of anilines is 1. The number of fused-ring (bicyclic) bond motifs is 2. The van der Waals surface area contributed by atoms with E-state index >= 15 is 0 Å². The highest BCUT2D eigenvalue weighted by molar-refractivity contribution is 5.86. The summed E-state index contributed by atoms with van der Waals surface area (Å²) in [7, 11) is 0.